The Kier molecular flexibility index (Phi) is 6.28. The molecule has 1 aliphatic rings. The summed E-state index contributed by atoms with van der Waals surface area (Å²) in [7, 11) is -4.42. The Morgan fingerprint density at radius 3 is 2.52 bits per heavy atom. The minimum atomic E-state index is -4.53. The van der Waals surface area contributed by atoms with Crippen molar-refractivity contribution in [3.63, 3.8) is 0 Å². The van der Waals surface area contributed by atoms with Crippen molar-refractivity contribution in [3.8, 4) is 0 Å². The zero-order valence-electron chi connectivity index (χ0n) is 15.9. The first-order valence-electron chi connectivity index (χ1n) is 8.53. The highest BCUT2D eigenvalue weighted by atomic mass is 32.2. The Bertz CT molecular complexity index is 1030. The molecule has 3 N–H and O–H groups in total. The Balaban J connectivity index is 0.000000221. The lowest BCUT2D eigenvalue weighted by atomic mass is 9.97. The number of alkyl halides is 3. The van der Waals surface area contributed by atoms with Gasteiger partial charge in [-0.1, -0.05) is 20.8 Å². The lowest BCUT2D eigenvalue weighted by molar-refractivity contribution is -0.140. The van der Waals surface area contributed by atoms with Crippen LogP contribution in [0.5, 0.6) is 0 Å². The van der Waals surface area contributed by atoms with Crippen molar-refractivity contribution in [2.45, 2.75) is 31.8 Å². The monoisotopic (exact) mass is 432 g/mol. The van der Waals surface area contributed by atoms with Crippen molar-refractivity contribution < 1.29 is 26.1 Å². The van der Waals surface area contributed by atoms with Gasteiger partial charge in [-0.2, -0.15) is 21.6 Å². The summed E-state index contributed by atoms with van der Waals surface area (Å²) in [6, 6.07) is 3.93. The first kappa shape index (κ1) is 22.7. The highest BCUT2D eigenvalue weighted by molar-refractivity contribution is 7.85. The molecule has 0 atom stereocenters. The zero-order valence-corrected chi connectivity index (χ0v) is 16.8. The number of nitrogens with zero attached hydrogens (tertiary/aromatic N) is 3. The van der Waals surface area contributed by atoms with Gasteiger partial charge in [-0.05, 0) is 30.8 Å². The molecule has 0 saturated carbocycles. The lowest BCUT2D eigenvalue weighted by Gasteiger charge is -2.27. The van der Waals surface area contributed by atoms with Crippen molar-refractivity contribution in [3.05, 3.63) is 35.4 Å². The maximum Gasteiger partial charge on any atom is 0.431 e. The summed E-state index contributed by atoms with van der Waals surface area (Å²) in [5.74, 6) is 0.138. The van der Waals surface area contributed by atoms with Gasteiger partial charge < -0.3 is 20.7 Å². The number of hydrazone groups is 1. The van der Waals surface area contributed by atoms with Gasteiger partial charge in [-0.3, -0.25) is 4.55 Å². The van der Waals surface area contributed by atoms with E-state index in [4.69, 9.17) is 4.55 Å². The predicted molar refractivity (Wildman–Crippen MR) is 104 cm³/mol. The highest BCUT2D eigenvalue weighted by Crippen LogP contribution is 2.31. The topological polar surface area (TPSA) is 120 Å². The maximum atomic E-state index is 12.4. The third-order valence-corrected chi connectivity index (χ3v) is 4.73. The molecule has 12 heteroatoms. The Hall–Kier alpha value is -2.60. The van der Waals surface area contributed by atoms with E-state index in [-0.39, 0.29) is 22.3 Å². The molecule has 29 heavy (non-hydrogen) atoms. The molecule has 0 unspecified atom stereocenters. The van der Waals surface area contributed by atoms with E-state index in [0.717, 1.165) is 30.8 Å². The number of halogens is 3. The van der Waals surface area contributed by atoms with E-state index in [1.165, 1.54) is 0 Å². The second kappa shape index (κ2) is 8.03. The van der Waals surface area contributed by atoms with Crippen molar-refractivity contribution in [2.24, 2.45) is 10.5 Å². The SMILES string of the molecule is CCNC(=[N-])N1CC(C)(C)C=N1.O=S(=O)(O)c1ccc2[nH]c(C(F)(F)F)cc2c1. The number of aromatic nitrogens is 1. The van der Waals surface area contributed by atoms with Gasteiger partial charge in [0.1, 0.15) is 5.69 Å². The summed E-state index contributed by atoms with van der Waals surface area (Å²) >= 11 is 0. The fourth-order valence-electron chi connectivity index (χ4n) is 2.50. The molecule has 1 aromatic carbocycles. The van der Waals surface area contributed by atoms with Crippen molar-refractivity contribution in [1.82, 2.24) is 15.3 Å². The number of nitrogens with one attached hydrogen (secondary N) is 2. The van der Waals surface area contributed by atoms with Crippen LogP contribution in [-0.4, -0.2) is 48.2 Å². The molecular weight excluding hydrogens is 411 g/mol. The maximum absolute atomic E-state index is 12.4. The van der Waals surface area contributed by atoms with Crippen LogP contribution < -0.4 is 5.32 Å². The summed E-state index contributed by atoms with van der Waals surface area (Å²) in [5.41, 5.74) is -0.770. The second-order valence-corrected chi connectivity index (χ2v) is 8.47. The van der Waals surface area contributed by atoms with Crippen LogP contribution >= 0.6 is 0 Å². The van der Waals surface area contributed by atoms with E-state index in [2.05, 4.69) is 29.2 Å². The number of H-pyrrole nitrogens is 1. The van der Waals surface area contributed by atoms with Crippen LogP contribution in [0.3, 0.4) is 0 Å². The van der Waals surface area contributed by atoms with Crippen molar-refractivity contribution >= 4 is 33.2 Å². The van der Waals surface area contributed by atoms with Crippen LogP contribution in [0.2, 0.25) is 0 Å². The van der Waals surface area contributed by atoms with E-state index >= 15 is 0 Å². The minimum absolute atomic E-state index is 0.0589. The number of rotatable bonds is 2. The highest BCUT2D eigenvalue weighted by Gasteiger charge is 2.32. The smallest absolute Gasteiger partial charge is 0.431 e. The molecule has 0 radical (unpaired) electrons. The number of guanidine groups is 1. The molecule has 0 amide bonds. The number of hydrogen-bond acceptors (Lipinski definition) is 3. The first-order valence-corrected chi connectivity index (χ1v) is 9.97. The largest absolute Gasteiger partial charge is 0.439 e. The normalized spacial score (nSPS) is 15.9. The van der Waals surface area contributed by atoms with Gasteiger partial charge in [-0.25, -0.2) is 5.10 Å². The van der Waals surface area contributed by atoms with Crippen LogP contribution in [0.1, 0.15) is 26.5 Å². The predicted octanol–water partition coefficient (Wildman–Crippen LogP) is 3.28. The van der Waals surface area contributed by atoms with Gasteiger partial charge in [0.2, 0.25) is 0 Å². The van der Waals surface area contributed by atoms with Gasteiger partial charge in [0, 0.05) is 35.0 Å². The lowest BCUT2D eigenvalue weighted by Crippen LogP contribution is -2.37. The van der Waals surface area contributed by atoms with Crippen LogP contribution in [-0.2, 0) is 16.3 Å². The minimum Gasteiger partial charge on any atom is -0.439 e. The summed E-state index contributed by atoms with van der Waals surface area (Å²) in [5, 5.41) is 17.9. The summed E-state index contributed by atoms with van der Waals surface area (Å²) in [4.78, 5) is 1.67. The fraction of sp³-hybridized carbons (Fsp3) is 0.412. The van der Waals surface area contributed by atoms with Crippen LogP contribution in [0.25, 0.3) is 16.3 Å². The van der Waals surface area contributed by atoms with Gasteiger partial charge in [0.25, 0.3) is 10.1 Å². The summed E-state index contributed by atoms with van der Waals surface area (Å²) in [6.45, 7) is 7.52. The molecule has 1 aliphatic heterocycles. The van der Waals surface area contributed by atoms with Gasteiger partial charge >= 0.3 is 6.18 Å². The number of aromatic amines is 1. The first-order chi connectivity index (χ1) is 13.2. The fourth-order valence-corrected chi connectivity index (χ4v) is 3.01. The Morgan fingerprint density at radius 1 is 1.38 bits per heavy atom. The molecule has 3 rings (SSSR count). The second-order valence-electron chi connectivity index (χ2n) is 7.05. The van der Waals surface area contributed by atoms with E-state index in [0.29, 0.717) is 6.54 Å². The molecule has 0 aliphatic carbocycles. The average Bonchev–Trinajstić information content (AvgIpc) is 3.17. The van der Waals surface area contributed by atoms with Crippen molar-refractivity contribution in [2.75, 3.05) is 13.1 Å². The Labute approximate surface area is 166 Å². The van der Waals surface area contributed by atoms with Crippen molar-refractivity contribution in [1.29, 1.82) is 0 Å². The quantitative estimate of drug-likeness (QED) is 0.382. The van der Waals surface area contributed by atoms with Gasteiger partial charge in [0.15, 0.2) is 0 Å². The van der Waals surface area contributed by atoms with E-state index in [1.807, 2.05) is 13.1 Å². The molecule has 8 nitrogen and oxygen atoms in total. The van der Waals surface area contributed by atoms with Gasteiger partial charge in [0.05, 0.1) is 4.90 Å². The summed E-state index contributed by atoms with van der Waals surface area (Å²) < 4.78 is 67.4. The number of fused-ring (bicyclic) bond motifs is 1. The summed E-state index contributed by atoms with van der Waals surface area (Å²) in [6.07, 6.45) is -2.68. The van der Waals surface area contributed by atoms with Crippen LogP contribution in [0.4, 0.5) is 13.2 Å². The molecule has 0 saturated heterocycles. The number of benzene rings is 1. The molecule has 1 aromatic heterocycles. The van der Waals surface area contributed by atoms with Crippen LogP contribution in [0.15, 0.2) is 34.3 Å². The molecule has 0 fully saturated rings. The zero-order chi connectivity index (χ0) is 22.0. The van der Waals surface area contributed by atoms with Gasteiger partial charge in [-0.15, -0.1) is 0 Å². The molecule has 160 valence electrons. The van der Waals surface area contributed by atoms with E-state index < -0.39 is 26.9 Å². The molecule has 2 aromatic rings. The third kappa shape index (κ3) is 5.94. The molecule has 2 heterocycles. The third-order valence-electron chi connectivity index (χ3n) is 3.88. The molecular formula is C17H21F3N5O3S-. The molecule has 0 spiro atoms. The molecule has 0 bridgehead atoms. The standard InChI is InChI=1S/C9H6F3NO3S.C8H15N4/c10-9(11,12)8-4-5-3-6(17(14,15)16)1-2-7(5)13-8;1-4-10-7(9)12-6-8(2,3)5-11-12/h1-4,13H,(H,14,15,16);5H,4,6H2,1-3H3,(H-,9,10)/q;-1. The van der Waals surface area contributed by atoms with E-state index in [1.54, 1.807) is 5.01 Å². The Morgan fingerprint density at radius 2 is 2.03 bits per heavy atom. The number of hydrogen-bond donors (Lipinski definition) is 3. The van der Waals surface area contributed by atoms with Crippen LogP contribution in [0, 0.1) is 5.41 Å². The average molecular weight is 432 g/mol. The van der Waals surface area contributed by atoms with E-state index in [9.17, 15) is 27.0 Å².